The van der Waals surface area contributed by atoms with Crippen LogP contribution in [0.4, 0.5) is 0 Å². The molecular formula is C2H6ClO4PS. The predicted molar refractivity (Wildman–Crippen MR) is 35.7 cm³/mol. The van der Waals surface area contributed by atoms with Gasteiger partial charge in [-0.15, -0.1) is 0 Å². The van der Waals surface area contributed by atoms with Crippen molar-refractivity contribution in [2.24, 2.45) is 0 Å². The van der Waals surface area contributed by atoms with Crippen LogP contribution < -0.4 is 0 Å². The molecule has 0 fully saturated rings. The molecule has 0 N–H and O–H groups in total. The van der Waals surface area contributed by atoms with Gasteiger partial charge in [-0.3, -0.25) is 4.18 Å². The average molecular weight is 193 g/mol. The van der Waals surface area contributed by atoms with Crippen molar-refractivity contribution in [2.75, 3.05) is 12.6 Å². The van der Waals surface area contributed by atoms with E-state index in [2.05, 4.69) is 4.18 Å². The lowest BCUT2D eigenvalue weighted by Gasteiger charge is -1.93. The molecule has 9 heavy (non-hydrogen) atoms. The van der Waals surface area contributed by atoms with Gasteiger partial charge in [0.15, 0.2) is 7.15 Å². The SMILES string of the molecule is CS(=O)(=O)OC[PH](=O)Cl. The van der Waals surface area contributed by atoms with E-state index >= 15 is 0 Å². The molecule has 0 aromatic rings. The summed E-state index contributed by atoms with van der Waals surface area (Å²) in [5, 5.41) is 0. The summed E-state index contributed by atoms with van der Waals surface area (Å²) >= 11 is 4.94. The molecule has 1 atom stereocenters. The summed E-state index contributed by atoms with van der Waals surface area (Å²) < 4.78 is 34.4. The van der Waals surface area contributed by atoms with Crippen molar-refractivity contribution in [3.8, 4) is 0 Å². The highest BCUT2D eigenvalue weighted by Gasteiger charge is 2.02. The monoisotopic (exact) mass is 192 g/mol. The van der Waals surface area contributed by atoms with E-state index in [0.717, 1.165) is 6.26 Å². The Morgan fingerprint density at radius 2 is 2.11 bits per heavy atom. The third-order valence-corrected chi connectivity index (χ3v) is 1.84. The third-order valence-electron chi connectivity index (χ3n) is 0.386. The first-order valence-corrected chi connectivity index (χ1v) is 6.39. The van der Waals surface area contributed by atoms with Crippen LogP contribution in [0.3, 0.4) is 0 Å². The Morgan fingerprint density at radius 1 is 1.67 bits per heavy atom. The molecule has 0 spiro atoms. The second-order valence-corrected chi connectivity index (χ2v) is 5.23. The third kappa shape index (κ3) is 8.43. The molecule has 4 nitrogen and oxygen atoms in total. The zero-order valence-corrected chi connectivity index (χ0v) is 7.20. The minimum Gasteiger partial charge on any atom is -0.307 e. The van der Waals surface area contributed by atoms with Crippen LogP contribution in [0.5, 0.6) is 0 Å². The lowest BCUT2D eigenvalue weighted by molar-refractivity contribution is 0.378. The molecule has 0 aromatic heterocycles. The van der Waals surface area contributed by atoms with Crippen LogP contribution >= 0.6 is 18.4 Å². The molecule has 0 aliphatic heterocycles. The van der Waals surface area contributed by atoms with Crippen molar-refractivity contribution in [1.82, 2.24) is 0 Å². The fourth-order valence-electron chi connectivity index (χ4n) is 0.153. The standard InChI is InChI=1S/C2H6ClO4PS/c1-9(5,6)7-2-8(3)4/h8H,2H2,1H3. The van der Waals surface area contributed by atoms with Gasteiger partial charge in [-0.05, 0) is 0 Å². The molecular weight excluding hydrogens is 187 g/mol. The molecule has 0 saturated carbocycles. The van der Waals surface area contributed by atoms with Crippen LogP contribution in [-0.4, -0.2) is 21.0 Å². The predicted octanol–water partition coefficient (Wildman–Crippen LogP) is 0.634. The maximum absolute atomic E-state index is 10.1. The zero-order chi connectivity index (χ0) is 7.49. The van der Waals surface area contributed by atoms with Gasteiger partial charge in [-0.2, -0.15) is 8.42 Å². The topological polar surface area (TPSA) is 60.4 Å². The molecule has 0 rings (SSSR count). The van der Waals surface area contributed by atoms with Crippen LogP contribution in [0.15, 0.2) is 0 Å². The fraction of sp³-hybridized carbons (Fsp3) is 1.00. The molecule has 56 valence electrons. The van der Waals surface area contributed by atoms with Gasteiger partial charge in [0.2, 0.25) is 0 Å². The summed E-state index contributed by atoms with van der Waals surface area (Å²) in [5.74, 6) is 0. The minimum atomic E-state index is -3.48. The van der Waals surface area contributed by atoms with Gasteiger partial charge < -0.3 is 4.57 Å². The van der Waals surface area contributed by atoms with Gasteiger partial charge >= 0.3 is 0 Å². The summed E-state index contributed by atoms with van der Waals surface area (Å²) in [6.45, 7) is 0. The van der Waals surface area contributed by atoms with E-state index in [9.17, 15) is 13.0 Å². The highest BCUT2D eigenvalue weighted by molar-refractivity contribution is 7.86. The Bertz CT molecular complexity index is 197. The quantitative estimate of drug-likeness (QED) is 0.486. The first-order chi connectivity index (χ1) is 3.92. The summed E-state index contributed by atoms with van der Waals surface area (Å²) in [4.78, 5) is 0. The molecule has 0 amide bonds. The molecule has 0 radical (unpaired) electrons. The van der Waals surface area contributed by atoms with E-state index in [1.165, 1.54) is 0 Å². The average Bonchev–Trinajstić information content (AvgIpc) is 1.59. The number of rotatable bonds is 3. The lowest BCUT2D eigenvalue weighted by Crippen LogP contribution is -2.00. The Labute approximate surface area is 58.9 Å². The highest BCUT2D eigenvalue weighted by atomic mass is 35.7. The van der Waals surface area contributed by atoms with E-state index in [0.29, 0.717) is 0 Å². The molecule has 0 saturated heterocycles. The van der Waals surface area contributed by atoms with Crippen molar-refractivity contribution in [1.29, 1.82) is 0 Å². The highest BCUT2D eigenvalue weighted by Crippen LogP contribution is 2.26. The molecule has 7 heteroatoms. The molecule has 0 heterocycles. The van der Waals surface area contributed by atoms with Crippen molar-refractivity contribution >= 4 is 28.5 Å². The minimum absolute atomic E-state index is 0.412. The van der Waals surface area contributed by atoms with Gasteiger partial charge in [0.25, 0.3) is 10.1 Å². The number of hydrogen-bond acceptors (Lipinski definition) is 4. The zero-order valence-electron chi connectivity index (χ0n) is 4.63. The van der Waals surface area contributed by atoms with Gasteiger partial charge in [0, 0.05) is 0 Å². The maximum atomic E-state index is 10.1. The van der Waals surface area contributed by atoms with E-state index < -0.39 is 23.6 Å². The summed E-state index contributed by atoms with van der Waals surface area (Å²) in [6, 6.07) is 0. The van der Waals surface area contributed by atoms with E-state index in [4.69, 9.17) is 11.2 Å². The fourth-order valence-corrected chi connectivity index (χ4v) is 1.78. The lowest BCUT2D eigenvalue weighted by atomic mass is 11.7. The van der Waals surface area contributed by atoms with Crippen LogP contribution in [0.2, 0.25) is 0 Å². The van der Waals surface area contributed by atoms with Crippen molar-refractivity contribution in [3.63, 3.8) is 0 Å². The second-order valence-electron chi connectivity index (χ2n) is 1.32. The molecule has 1 unspecified atom stereocenters. The molecule has 0 aliphatic rings. The van der Waals surface area contributed by atoms with Crippen LogP contribution in [0.25, 0.3) is 0 Å². The first-order valence-electron chi connectivity index (χ1n) is 1.94. The second kappa shape index (κ2) is 3.56. The van der Waals surface area contributed by atoms with Crippen LogP contribution in [-0.2, 0) is 18.9 Å². The van der Waals surface area contributed by atoms with Gasteiger partial charge in [-0.25, -0.2) is 0 Å². The number of halogens is 1. The largest absolute Gasteiger partial charge is 0.307 e. The van der Waals surface area contributed by atoms with Crippen LogP contribution in [0, 0.1) is 0 Å². The van der Waals surface area contributed by atoms with Crippen molar-refractivity contribution in [3.05, 3.63) is 0 Å². The summed E-state index contributed by atoms with van der Waals surface area (Å²) in [7, 11) is -5.82. The summed E-state index contributed by atoms with van der Waals surface area (Å²) in [6.07, 6.45) is 0.458. The van der Waals surface area contributed by atoms with Crippen molar-refractivity contribution in [2.45, 2.75) is 0 Å². The van der Waals surface area contributed by atoms with Crippen LogP contribution in [0.1, 0.15) is 0 Å². The Hall–Kier alpha value is 0.430. The molecule has 0 bridgehead atoms. The summed E-state index contributed by atoms with van der Waals surface area (Å²) in [5.41, 5.74) is 0. The smallest absolute Gasteiger partial charge is 0.264 e. The Morgan fingerprint density at radius 3 is 2.22 bits per heavy atom. The van der Waals surface area contributed by atoms with Gasteiger partial charge in [0.1, 0.15) is 6.35 Å². The Balaban J connectivity index is 3.67. The normalized spacial score (nSPS) is 15.3. The first kappa shape index (κ1) is 9.43. The Kier molecular flexibility index (Phi) is 3.73. The van der Waals surface area contributed by atoms with Gasteiger partial charge in [0.05, 0.1) is 6.26 Å². The van der Waals surface area contributed by atoms with Gasteiger partial charge in [-0.1, -0.05) is 11.2 Å². The van der Waals surface area contributed by atoms with E-state index in [-0.39, 0.29) is 0 Å². The van der Waals surface area contributed by atoms with Crippen molar-refractivity contribution < 1.29 is 17.2 Å². The molecule has 0 aliphatic carbocycles. The van der Waals surface area contributed by atoms with E-state index in [1.807, 2.05) is 0 Å². The van der Waals surface area contributed by atoms with E-state index in [1.54, 1.807) is 0 Å². The molecule has 0 aromatic carbocycles. The maximum Gasteiger partial charge on any atom is 0.264 e. The number of hydrogen-bond donors (Lipinski definition) is 0.